The van der Waals surface area contributed by atoms with E-state index < -0.39 is 17.8 Å². The molecule has 0 saturated heterocycles. The second-order valence-electron chi connectivity index (χ2n) is 5.97. The highest BCUT2D eigenvalue weighted by Crippen LogP contribution is 2.35. The zero-order valence-electron chi connectivity index (χ0n) is 13.8. The molecule has 0 saturated carbocycles. The van der Waals surface area contributed by atoms with Crippen LogP contribution in [0.3, 0.4) is 0 Å². The van der Waals surface area contributed by atoms with Crippen molar-refractivity contribution in [3.63, 3.8) is 0 Å². The van der Waals surface area contributed by atoms with Gasteiger partial charge >= 0.3 is 5.97 Å². The monoisotopic (exact) mass is 317 g/mol. The minimum Gasteiger partial charge on any atom is -0.494 e. The molecule has 0 radical (unpaired) electrons. The normalized spacial score (nSPS) is 21.0. The van der Waals surface area contributed by atoms with E-state index in [-0.39, 0.29) is 5.91 Å². The Balaban J connectivity index is 2.10. The molecule has 1 aliphatic rings. The number of carbonyl (C=O) groups excluding carboxylic acids is 1. The molecule has 0 aromatic heterocycles. The largest absolute Gasteiger partial charge is 0.494 e. The summed E-state index contributed by atoms with van der Waals surface area (Å²) >= 11 is 0. The summed E-state index contributed by atoms with van der Waals surface area (Å²) < 4.78 is 5.36. The van der Waals surface area contributed by atoms with Gasteiger partial charge in [0, 0.05) is 5.69 Å². The van der Waals surface area contributed by atoms with Crippen molar-refractivity contribution in [3.8, 4) is 5.75 Å². The molecule has 0 bridgehead atoms. The van der Waals surface area contributed by atoms with Crippen molar-refractivity contribution in [1.82, 2.24) is 0 Å². The maximum absolute atomic E-state index is 12.5. The molecule has 5 nitrogen and oxygen atoms in total. The fraction of sp³-hybridized carbons (Fsp3) is 0.444. The quantitative estimate of drug-likeness (QED) is 0.815. The van der Waals surface area contributed by atoms with Crippen LogP contribution < -0.4 is 10.1 Å². The van der Waals surface area contributed by atoms with Gasteiger partial charge in [0.2, 0.25) is 5.91 Å². The van der Waals surface area contributed by atoms with Crippen LogP contribution in [0.5, 0.6) is 5.75 Å². The SMILES string of the molecule is CCOc1ccc(NC(=O)[C@H]2CC(C)=C(C)C[C@@H]2C(=O)O)cc1. The number of aliphatic carboxylic acids is 1. The van der Waals surface area contributed by atoms with Crippen LogP contribution in [-0.2, 0) is 9.59 Å². The standard InChI is InChI=1S/C18H23NO4/c1-4-23-14-7-5-13(6-8-14)19-17(20)15-9-11(2)12(3)10-16(15)18(21)22/h5-8,15-16H,4,9-10H2,1-3H3,(H,19,20)(H,21,22)/t15-,16-/m0/s1. The van der Waals surface area contributed by atoms with Gasteiger partial charge < -0.3 is 15.2 Å². The third-order valence-corrected chi connectivity index (χ3v) is 4.35. The van der Waals surface area contributed by atoms with E-state index in [2.05, 4.69) is 5.32 Å². The van der Waals surface area contributed by atoms with Gasteiger partial charge in [0.1, 0.15) is 5.75 Å². The van der Waals surface area contributed by atoms with Gasteiger partial charge in [0.05, 0.1) is 18.4 Å². The summed E-state index contributed by atoms with van der Waals surface area (Å²) in [5.74, 6) is -1.62. The Kier molecular flexibility index (Phi) is 5.42. The van der Waals surface area contributed by atoms with Crippen LogP contribution in [0.25, 0.3) is 0 Å². The lowest BCUT2D eigenvalue weighted by molar-refractivity contribution is -0.146. The number of carboxylic acids is 1. The number of rotatable bonds is 5. The number of allylic oxidation sites excluding steroid dienone is 2. The maximum Gasteiger partial charge on any atom is 0.307 e. The molecule has 5 heteroatoms. The molecule has 0 spiro atoms. The first-order valence-electron chi connectivity index (χ1n) is 7.84. The maximum atomic E-state index is 12.5. The van der Waals surface area contributed by atoms with Gasteiger partial charge in [-0.25, -0.2) is 0 Å². The number of amides is 1. The number of hydrogen-bond acceptors (Lipinski definition) is 3. The smallest absolute Gasteiger partial charge is 0.307 e. The average Bonchev–Trinajstić information content (AvgIpc) is 2.51. The molecule has 23 heavy (non-hydrogen) atoms. The lowest BCUT2D eigenvalue weighted by Gasteiger charge is -2.29. The van der Waals surface area contributed by atoms with Crippen molar-refractivity contribution in [2.24, 2.45) is 11.8 Å². The molecule has 0 fully saturated rings. The van der Waals surface area contributed by atoms with Crippen LogP contribution >= 0.6 is 0 Å². The lowest BCUT2D eigenvalue weighted by Crippen LogP contribution is -2.36. The van der Waals surface area contributed by atoms with Crippen LogP contribution in [-0.4, -0.2) is 23.6 Å². The molecule has 1 aromatic carbocycles. The summed E-state index contributed by atoms with van der Waals surface area (Å²) in [6.45, 7) is 6.39. The number of anilines is 1. The van der Waals surface area contributed by atoms with Crippen molar-refractivity contribution in [2.45, 2.75) is 33.6 Å². The Hall–Kier alpha value is -2.30. The Morgan fingerprint density at radius 2 is 1.70 bits per heavy atom. The van der Waals surface area contributed by atoms with Gasteiger partial charge in [-0.05, 0) is 57.9 Å². The van der Waals surface area contributed by atoms with Crippen molar-refractivity contribution in [3.05, 3.63) is 35.4 Å². The highest BCUT2D eigenvalue weighted by Gasteiger charge is 2.37. The number of benzene rings is 1. The van der Waals surface area contributed by atoms with E-state index in [1.807, 2.05) is 20.8 Å². The molecular formula is C18H23NO4. The minimum atomic E-state index is -0.913. The lowest BCUT2D eigenvalue weighted by atomic mass is 9.76. The summed E-state index contributed by atoms with van der Waals surface area (Å²) in [7, 11) is 0. The van der Waals surface area contributed by atoms with E-state index in [4.69, 9.17) is 4.74 Å². The van der Waals surface area contributed by atoms with Gasteiger partial charge in [0.15, 0.2) is 0 Å². The van der Waals surface area contributed by atoms with Gasteiger partial charge in [-0.2, -0.15) is 0 Å². The molecule has 1 aliphatic carbocycles. The summed E-state index contributed by atoms with van der Waals surface area (Å²) in [5.41, 5.74) is 2.82. The average molecular weight is 317 g/mol. The summed E-state index contributed by atoms with van der Waals surface area (Å²) in [5, 5.41) is 12.2. The van der Waals surface area contributed by atoms with Crippen molar-refractivity contribution >= 4 is 17.6 Å². The second kappa shape index (κ2) is 7.31. The van der Waals surface area contributed by atoms with Gasteiger partial charge in [0.25, 0.3) is 0 Å². The van der Waals surface area contributed by atoms with Crippen molar-refractivity contribution in [1.29, 1.82) is 0 Å². The van der Waals surface area contributed by atoms with Gasteiger partial charge in [-0.3, -0.25) is 9.59 Å². The van der Waals surface area contributed by atoms with Crippen molar-refractivity contribution < 1.29 is 19.4 Å². The summed E-state index contributed by atoms with van der Waals surface area (Å²) in [6.07, 6.45) is 0.925. The Morgan fingerprint density at radius 1 is 1.13 bits per heavy atom. The number of nitrogens with one attached hydrogen (secondary N) is 1. The highest BCUT2D eigenvalue weighted by atomic mass is 16.5. The van der Waals surface area contributed by atoms with E-state index in [1.54, 1.807) is 24.3 Å². The second-order valence-corrected chi connectivity index (χ2v) is 5.97. The molecule has 1 amide bonds. The Labute approximate surface area is 136 Å². The predicted molar refractivity (Wildman–Crippen MR) is 88.5 cm³/mol. The number of hydrogen-bond donors (Lipinski definition) is 2. The number of carboxylic acid groups (broad SMARTS) is 1. The Morgan fingerprint density at radius 3 is 2.22 bits per heavy atom. The van der Waals surface area contributed by atoms with Gasteiger partial charge in [-0.1, -0.05) is 11.1 Å². The third-order valence-electron chi connectivity index (χ3n) is 4.35. The van der Waals surface area contributed by atoms with Crippen LogP contribution in [0.2, 0.25) is 0 Å². The molecule has 2 N–H and O–H groups in total. The molecule has 2 rings (SSSR count). The topological polar surface area (TPSA) is 75.6 Å². The molecule has 2 atom stereocenters. The van der Waals surface area contributed by atoms with Crippen LogP contribution in [0.4, 0.5) is 5.69 Å². The Bertz CT molecular complexity index is 618. The van der Waals surface area contributed by atoms with Crippen LogP contribution in [0, 0.1) is 11.8 Å². The first-order chi connectivity index (χ1) is 10.9. The molecular weight excluding hydrogens is 294 g/mol. The van der Waals surface area contributed by atoms with Crippen molar-refractivity contribution in [2.75, 3.05) is 11.9 Å². The molecule has 124 valence electrons. The van der Waals surface area contributed by atoms with E-state index in [1.165, 1.54) is 0 Å². The van der Waals surface area contributed by atoms with Crippen LogP contribution in [0.15, 0.2) is 35.4 Å². The number of ether oxygens (including phenoxy) is 1. The minimum absolute atomic E-state index is 0.242. The summed E-state index contributed by atoms with van der Waals surface area (Å²) in [6, 6.07) is 7.08. The fourth-order valence-corrected chi connectivity index (χ4v) is 2.86. The first kappa shape index (κ1) is 17.1. The summed E-state index contributed by atoms with van der Waals surface area (Å²) in [4.78, 5) is 24.0. The van der Waals surface area contributed by atoms with Crippen LogP contribution in [0.1, 0.15) is 33.6 Å². The molecule has 0 aliphatic heterocycles. The predicted octanol–water partition coefficient (Wildman–Crippen LogP) is 3.47. The molecule has 0 unspecified atom stereocenters. The number of carbonyl (C=O) groups is 2. The highest BCUT2D eigenvalue weighted by molar-refractivity contribution is 5.95. The van der Waals surface area contributed by atoms with Gasteiger partial charge in [-0.15, -0.1) is 0 Å². The third kappa shape index (κ3) is 4.12. The zero-order valence-corrected chi connectivity index (χ0v) is 13.8. The molecule has 0 heterocycles. The van der Waals surface area contributed by atoms with E-state index >= 15 is 0 Å². The van der Waals surface area contributed by atoms with E-state index in [9.17, 15) is 14.7 Å². The zero-order chi connectivity index (χ0) is 17.0. The fourth-order valence-electron chi connectivity index (χ4n) is 2.86. The van der Waals surface area contributed by atoms with E-state index in [0.717, 1.165) is 16.9 Å². The van der Waals surface area contributed by atoms with E-state index in [0.29, 0.717) is 25.1 Å². The first-order valence-corrected chi connectivity index (χ1v) is 7.84. The molecule has 1 aromatic rings.